The van der Waals surface area contributed by atoms with E-state index in [0.29, 0.717) is 26.6 Å². The number of carbonyl (C=O) groups is 1. The van der Waals surface area contributed by atoms with Crippen molar-refractivity contribution in [2.24, 2.45) is 16.7 Å². The Bertz CT molecular complexity index is 287. The summed E-state index contributed by atoms with van der Waals surface area (Å²) in [6.45, 7) is 8.60. The molecular weight excluding hydrogens is 303 g/mol. The third-order valence-electron chi connectivity index (χ3n) is 4.68. The maximum atomic E-state index is 11.1. The fraction of sp³-hybridized carbons (Fsp3) is 0.917. The fourth-order valence-corrected chi connectivity index (χ4v) is 8.09. The van der Waals surface area contributed by atoms with E-state index in [2.05, 4.69) is 20.8 Å². The summed E-state index contributed by atoms with van der Waals surface area (Å²) in [6.07, 6.45) is 1.28. The van der Waals surface area contributed by atoms with Gasteiger partial charge in [-0.15, -0.1) is 0 Å². The van der Waals surface area contributed by atoms with Crippen molar-refractivity contribution in [3.05, 3.63) is 0 Å². The van der Waals surface area contributed by atoms with Crippen molar-refractivity contribution < 1.29 is 30.7 Å². The Balaban J connectivity index is 2.27. The zero-order valence-electron chi connectivity index (χ0n) is 9.97. The topological polar surface area (TPSA) is 26.3 Å². The maximum absolute atomic E-state index is 11.1. The summed E-state index contributed by atoms with van der Waals surface area (Å²) < 4.78 is 8.27. The first-order valence-corrected chi connectivity index (χ1v) is 8.64. The first-order valence-electron chi connectivity index (χ1n) is 5.58. The summed E-state index contributed by atoms with van der Waals surface area (Å²) in [5.41, 5.74) is 0.597. The van der Waals surface area contributed by atoms with Crippen LogP contribution >= 0.6 is 0 Å². The van der Waals surface area contributed by atoms with Gasteiger partial charge in [-0.1, -0.05) is 0 Å². The van der Waals surface area contributed by atoms with Crippen LogP contribution in [0.4, 0.5) is 0 Å². The second-order valence-electron chi connectivity index (χ2n) is 5.65. The minimum atomic E-state index is -0.109. The Kier molecular flexibility index (Phi) is 2.81. The molecule has 1 aliphatic carbocycles. The quantitative estimate of drug-likeness (QED) is 0.354. The molecule has 2 rings (SSSR count). The summed E-state index contributed by atoms with van der Waals surface area (Å²) in [6, 6.07) is 0. The molecule has 2 nitrogen and oxygen atoms in total. The molecule has 0 amide bonds. The summed E-state index contributed by atoms with van der Waals surface area (Å²) in [4.78, 5) is 11.1. The molecule has 0 radical (unpaired) electrons. The van der Waals surface area contributed by atoms with Crippen molar-refractivity contribution >= 4 is 5.97 Å². The van der Waals surface area contributed by atoms with Gasteiger partial charge in [-0.05, 0) is 0 Å². The molecule has 3 unspecified atom stereocenters. The third-order valence-corrected chi connectivity index (χ3v) is 8.49. The van der Waals surface area contributed by atoms with Crippen LogP contribution in [-0.2, 0) is 9.53 Å². The van der Waals surface area contributed by atoms with Gasteiger partial charge in [0.15, 0.2) is 0 Å². The average Bonchev–Trinajstić information content (AvgIpc) is 2.26. The first kappa shape index (κ1) is 11.7. The summed E-state index contributed by atoms with van der Waals surface area (Å²) in [5, 5.41) is 0. The van der Waals surface area contributed by atoms with Gasteiger partial charge in [-0.25, -0.2) is 0 Å². The van der Waals surface area contributed by atoms with Crippen LogP contribution in [0, 0.1) is 16.7 Å². The van der Waals surface area contributed by atoms with Crippen LogP contribution < -0.4 is 21.2 Å². The number of ether oxygens (including phenoxy) is 1. The van der Waals surface area contributed by atoms with Crippen LogP contribution in [0.1, 0.15) is 34.1 Å². The Hall–Kier alpha value is 0.200. The third kappa shape index (κ3) is 1.61. The van der Waals surface area contributed by atoms with Gasteiger partial charge in [0.2, 0.25) is 0 Å². The summed E-state index contributed by atoms with van der Waals surface area (Å²) in [7, 11) is 0. The zero-order chi connectivity index (χ0) is 11.3. The Morgan fingerprint density at radius 2 is 2.07 bits per heavy atom. The molecule has 2 aliphatic rings. The Labute approximate surface area is 102 Å². The van der Waals surface area contributed by atoms with Gasteiger partial charge in [-0.3, -0.25) is 0 Å². The van der Waals surface area contributed by atoms with E-state index in [4.69, 9.17) is 4.74 Å². The van der Waals surface area contributed by atoms with E-state index in [1.165, 1.54) is 15.8 Å². The number of rotatable bonds is 1. The summed E-state index contributed by atoms with van der Waals surface area (Å²) in [5.74, 6) is 0.677. The number of hydrogen-bond acceptors (Lipinski definition) is 2. The number of esters is 1. The molecule has 1 aliphatic heterocycles. The van der Waals surface area contributed by atoms with Gasteiger partial charge < -0.3 is 0 Å². The molecule has 1 saturated carbocycles. The molecule has 0 spiro atoms. The van der Waals surface area contributed by atoms with Crippen LogP contribution in [0.3, 0.4) is 0 Å². The van der Waals surface area contributed by atoms with Crippen molar-refractivity contribution in [2.45, 2.75) is 40.2 Å². The number of alkyl halides is 2. The zero-order valence-corrected chi connectivity index (χ0v) is 12.1. The molecule has 1 heterocycles. The van der Waals surface area contributed by atoms with E-state index in [0.717, 1.165) is 12.3 Å². The van der Waals surface area contributed by atoms with Gasteiger partial charge in [0.05, 0.1) is 0 Å². The Morgan fingerprint density at radius 3 is 2.60 bits per heavy atom. The van der Waals surface area contributed by atoms with Gasteiger partial charge >= 0.3 is 103 Å². The molecule has 0 aromatic heterocycles. The molecule has 2 fully saturated rings. The predicted molar refractivity (Wildman–Crippen MR) is 55.3 cm³/mol. The normalized spacial score (nSPS) is 43.2. The number of carbonyl (C=O) groups excluding carboxylic acids is 1. The number of fused-ring (bicyclic) bond motifs is 2. The molecule has 0 N–H and O–H groups in total. The first-order chi connectivity index (χ1) is 6.88. The standard InChI is InChI=1S/C12H20IO2/c1-8(14)15-10-5-9-6-13-7-12(10,4)11(9,2)3/h9-10H,5-7H2,1-4H3/q-1. The van der Waals surface area contributed by atoms with E-state index in [-0.39, 0.29) is 17.5 Å². The van der Waals surface area contributed by atoms with Crippen LogP contribution in [0.25, 0.3) is 0 Å². The van der Waals surface area contributed by atoms with Crippen LogP contribution in [0.5, 0.6) is 0 Å². The molecule has 0 aromatic carbocycles. The van der Waals surface area contributed by atoms with E-state index >= 15 is 0 Å². The van der Waals surface area contributed by atoms with Crippen LogP contribution in [-0.4, -0.2) is 20.9 Å². The molecule has 1 saturated heterocycles. The molecule has 3 atom stereocenters. The minimum absolute atomic E-state index is 0.109. The van der Waals surface area contributed by atoms with E-state index in [1.807, 2.05) is 0 Å². The molecule has 88 valence electrons. The van der Waals surface area contributed by atoms with Crippen molar-refractivity contribution in [1.82, 2.24) is 0 Å². The van der Waals surface area contributed by atoms with Crippen molar-refractivity contribution in [3.8, 4) is 0 Å². The molecule has 3 heteroatoms. The van der Waals surface area contributed by atoms with Gasteiger partial charge in [0.1, 0.15) is 0 Å². The van der Waals surface area contributed by atoms with Gasteiger partial charge in [0.25, 0.3) is 0 Å². The second-order valence-corrected chi connectivity index (χ2v) is 8.37. The monoisotopic (exact) mass is 323 g/mol. The molecule has 2 bridgehead atoms. The van der Waals surface area contributed by atoms with Crippen LogP contribution in [0.2, 0.25) is 0 Å². The molecular formula is C12H20IO2-. The van der Waals surface area contributed by atoms with Crippen molar-refractivity contribution in [1.29, 1.82) is 0 Å². The van der Waals surface area contributed by atoms with E-state index in [1.54, 1.807) is 0 Å². The van der Waals surface area contributed by atoms with E-state index < -0.39 is 0 Å². The molecule has 15 heavy (non-hydrogen) atoms. The van der Waals surface area contributed by atoms with Gasteiger partial charge in [0, 0.05) is 0 Å². The Morgan fingerprint density at radius 1 is 1.40 bits per heavy atom. The SMILES string of the molecule is CC(=O)OC1CC2C[I-]CC1(C)C2(C)C. The summed E-state index contributed by atoms with van der Waals surface area (Å²) >= 11 is 0.343. The second kappa shape index (κ2) is 3.60. The fourth-order valence-electron chi connectivity index (χ4n) is 2.97. The number of halogens is 1. The van der Waals surface area contributed by atoms with Crippen LogP contribution in [0.15, 0.2) is 0 Å². The average molecular weight is 323 g/mol. The molecule has 0 aromatic rings. The van der Waals surface area contributed by atoms with Crippen molar-refractivity contribution in [2.75, 3.05) is 8.86 Å². The predicted octanol–water partition coefficient (Wildman–Crippen LogP) is -0.927. The van der Waals surface area contributed by atoms with Crippen molar-refractivity contribution in [3.63, 3.8) is 0 Å². The van der Waals surface area contributed by atoms with E-state index in [9.17, 15) is 4.79 Å². The van der Waals surface area contributed by atoms with Gasteiger partial charge in [-0.2, -0.15) is 0 Å². The number of hydrogen-bond donors (Lipinski definition) is 0.